The van der Waals surface area contributed by atoms with E-state index < -0.39 is 0 Å². The zero-order valence-electron chi connectivity index (χ0n) is 10.1. The first kappa shape index (κ1) is 13.5. The molecule has 1 unspecified atom stereocenters. The average Bonchev–Trinajstić information content (AvgIpc) is 2.36. The summed E-state index contributed by atoms with van der Waals surface area (Å²) in [4.78, 5) is 11.4. The summed E-state index contributed by atoms with van der Waals surface area (Å²) in [6.07, 6.45) is 1.70. The van der Waals surface area contributed by atoms with Gasteiger partial charge >= 0.3 is 6.03 Å². The molecule has 0 saturated heterocycles. The molecule has 0 fully saturated rings. The largest absolute Gasteiger partial charge is 0.395 e. The molecule has 0 bridgehead atoms. The summed E-state index contributed by atoms with van der Waals surface area (Å²) in [6.45, 7) is 2.29. The van der Waals surface area contributed by atoms with Gasteiger partial charge in [-0.25, -0.2) is 4.79 Å². The van der Waals surface area contributed by atoms with Crippen LogP contribution in [0.2, 0.25) is 0 Å². The first-order chi connectivity index (χ1) is 8.26. The van der Waals surface area contributed by atoms with E-state index in [1.54, 1.807) is 0 Å². The quantitative estimate of drug-likeness (QED) is 0.697. The van der Waals surface area contributed by atoms with E-state index >= 15 is 0 Å². The molecular weight excluding hydrogens is 216 g/mol. The summed E-state index contributed by atoms with van der Waals surface area (Å²) in [5.41, 5.74) is 1.21. The van der Waals surface area contributed by atoms with Crippen LogP contribution in [0.5, 0.6) is 0 Å². The molecule has 0 saturated carbocycles. The van der Waals surface area contributed by atoms with Gasteiger partial charge in [0.25, 0.3) is 0 Å². The van der Waals surface area contributed by atoms with Crippen molar-refractivity contribution in [3.8, 4) is 0 Å². The smallest absolute Gasteiger partial charge is 0.315 e. The van der Waals surface area contributed by atoms with Gasteiger partial charge in [0, 0.05) is 12.6 Å². The highest BCUT2D eigenvalue weighted by atomic mass is 16.3. The van der Waals surface area contributed by atoms with E-state index in [4.69, 9.17) is 5.11 Å². The van der Waals surface area contributed by atoms with Crippen molar-refractivity contribution in [3.63, 3.8) is 0 Å². The summed E-state index contributed by atoms with van der Waals surface area (Å²) in [6, 6.07) is 9.97. The maximum atomic E-state index is 11.4. The average molecular weight is 236 g/mol. The molecule has 1 aromatic carbocycles. The monoisotopic (exact) mass is 236 g/mol. The Bertz CT molecular complexity index is 327. The Morgan fingerprint density at radius 3 is 2.65 bits per heavy atom. The van der Waals surface area contributed by atoms with Crippen LogP contribution in [0.15, 0.2) is 30.3 Å². The predicted octanol–water partition coefficient (Wildman–Crippen LogP) is 1.30. The number of aliphatic hydroxyl groups is 1. The van der Waals surface area contributed by atoms with E-state index in [0.29, 0.717) is 0 Å². The third-order valence-corrected chi connectivity index (χ3v) is 2.55. The molecule has 4 nitrogen and oxygen atoms in total. The molecule has 0 aromatic heterocycles. The standard InChI is InChI=1S/C13H20N2O2/c1-2-12(15-13(17)14-8-9-16)10-11-6-4-3-5-7-11/h3-7,12,16H,2,8-10H2,1H3,(H2,14,15,17). The van der Waals surface area contributed by atoms with Crippen molar-refractivity contribution >= 4 is 6.03 Å². The Kier molecular flexibility index (Phi) is 6.10. The van der Waals surface area contributed by atoms with Crippen molar-refractivity contribution in [1.82, 2.24) is 10.6 Å². The predicted molar refractivity (Wildman–Crippen MR) is 67.8 cm³/mol. The van der Waals surface area contributed by atoms with E-state index in [2.05, 4.69) is 22.8 Å². The van der Waals surface area contributed by atoms with Crippen LogP contribution in [0.3, 0.4) is 0 Å². The van der Waals surface area contributed by atoms with Crippen molar-refractivity contribution in [3.05, 3.63) is 35.9 Å². The Labute approximate surface area is 102 Å². The number of benzene rings is 1. The van der Waals surface area contributed by atoms with Crippen LogP contribution in [0.25, 0.3) is 0 Å². The van der Waals surface area contributed by atoms with Crippen molar-refractivity contribution in [2.75, 3.05) is 13.2 Å². The van der Waals surface area contributed by atoms with Gasteiger partial charge in [0.1, 0.15) is 0 Å². The molecule has 1 atom stereocenters. The van der Waals surface area contributed by atoms with Crippen LogP contribution in [0.4, 0.5) is 4.79 Å². The van der Waals surface area contributed by atoms with Crippen LogP contribution in [0.1, 0.15) is 18.9 Å². The van der Waals surface area contributed by atoms with Crippen LogP contribution in [-0.2, 0) is 6.42 Å². The highest BCUT2D eigenvalue weighted by molar-refractivity contribution is 5.74. The van der Waals surface area contributed by atoms with Crippen LogP contribution in [0, 0.1) is 0 Å². The van der Waals surface area contributed by atoms with Crippen LogP contribution in [-0.4, -0.2) is 30.3 Å². The van der Waals surface area contributed by atoms with Gasteiger partial charge in [-0.05, 0) is 18.4 Å². The lowest BCUT2D eigenvalue weighted by molar-refractivity contribution is 0.230. The fourth-order valence-electron chi connectivity index (χ4n) is 1.60. The first-order valence-electron chi connectivity index (χ1n) is 5.95. The van der Waals surface area contributed by atoms with Crippen LogP contribution >= 0.6 is 0 Å². The fraction of sp³-hybridized carbons (Fsp3) is 0.462. The third kappa shape index (κ3) is 5.36. The Morgan fingerprint density at radius 2 is 2.06 bits per heavy atom. The SMILES string of the molecule is CCC(Cc1ccccc1)NC(=O)NCCO. The molecule has 3 N–H and O–H groups in total. The topological polar surface area (TPSA) is 61.4 Å². The summed E-state index contributed by atoms with van der Waals surface area (Å²) in [5.74, 6) is 0. The number of hydrogen-bond acceptors (Lipinski definition) is 2. The van der Waals surface area contributed by atoms with Crippen molar-refractivity contribution < 1.29 is 9.90 Å². The van der Waals surface area contributed by atoms with E-state index in [-0.39, 0.29) is 25.2 Å². The van der Waals surface area contributed by atoms with Gasteiger partial charge in [-0.1, -0.05) is 37.3 Å². The number of carbonyl (C=O) groups is 1. The lowest BCUT2D eigenvalue weighted by Gasteiger charge is -2.17. The normalized spacial score (nSPS) is 11.9. The number of hydrogen-bond donors (Lipinski definition) is 3. The summed E-state index contributed by atoms with van der Waals surface area (Å²) >= 11 is 0. The minimum Gasteiger partial charge on any atom is -0.395 e. The molecular formula is C13H20N2O2. The number of aliphatic hydroxyl groups excluding tert-OH is 1. The van der Waals surface area contributed by atoms with Crippen molar-refractivity contribution in [1.29, 1.82) is 0 Å². The minimum atomic E-state index is -0.221. The molecule has 0 aliphatic carbocycles. The molecule has 0 spiro atoms. The van der Waals surface area contributed by atoms with Gasteiger partial charge in [0.05, 0.1) is 6.61 Å². The molecule has 1 rings (SSSR count). The summed E-state index contributed by atoms with van der Waals surface area (Å²) in [5, 5.41) is 14.1. The van der Waals surface area contributed by atoms with Crippen LogP contribution < -0.4 is 10.6 Å². The highest BCUT2D eigenvalue weighted by Crippen LogP contribution is 2.05. The lowest BCUT2D eigenvalue weighted by Crippen LogP contribution is -2.43. The van der Waals surface area contributed by atoms with E-state index in [1.165, 1.54) is 5.56 Å². The molecule has 0 radical (unpaired) electrons. The number of rotatable bonds is 6. The maximum absolute atomic E-state index is 11.4. The van der Waals surface area contributed by atoms with Gasteiger partial charge in [-0.3, -0.25) is 0 Å². The molecule has 0 heterocycles. The van der Waals surface area contributed by atoms with Gasteiger partial charge < -0.3 is 15.7 Å². The van der Waals surface area contributed by atoms with E-state index in [0.717, 1.165) is 12.8 Å². The number of urea groups is 1. The number of nitrogens with one attached hydrogen (secondary N) is 2. The maximum Gasteiger partial charge on any atom is 0.315 e. The van der Waals surface area contributed by atoms with Gasteiger partial charge in [-0.2, -0.15) is 0 Å². The first-order valence-corrected chi connectivity index (χ1v) is 5.95. The molecule has 1 aromatic rings. The van der Waals surface area contributed by atoms with Gasteiger partial charge in [-0.15, -0.1) is 0 Å². The van der Waals surface area contributed by atoms with E-state index in [9.17, 15) is 4.79 Å². The second-order valence-electron chi connectivity index (χ2n) is 3.92. The number of carbonyl (C=O) groups excluding carboxylic acids is 1. The Balaban J connectivity index is 2.41. The zero-order valence-corrected chi connectivity index (χ0v) is 10.1. The van der Waals surface area contributed by atoms with Crippen molar-refractivity contribution in [2.24, 2.45) is 0 Å². The Morgan fingerprint density at radius 1 is 1.35 bits per heavy atom. The van der Waals surface area contributed by atoms with Gasteiger partial charge in [0.2, 0.25) is 0 Å². The second-order valence-corrected chi connectivity index (χ2v) is 3.92. The summed E-state index contributed by atoms with van der Waals surface area (Å²) < 4.78 is 0. The molecule has 4 heteroatoms. The molecule has 2 amide bonds. The Hall–Kier alpha value is -1.55. The molecule has 94 valence electrons. The van der Waals surface area contributed by atoms with E-state index in [1.807, 2.05) is 25.1 Å². The summed E-state index contributed by atoms with van der Waals surface area (Å²) in [7, 11) is 0. The number of amides is 2. The zero-order chi connectivity index (χ0) is 12.5. The molecule has 0 aliphatic rings. The lowest BCUT2D eigenvalue weighted by atomic mass is 10.0. The highest BCUT2D eigenvalue weighted by Gasteiger charge is 2.10. The minimum absolute atomic E-state index is 0.0388. The van der Waals surface area contributed by atoms with Crippen molar-refractivity contribution in [2.45, 2.75) is 25.8 Å². The van der Waals surface area contributed by atoms with Gasteiger partial charge in [0.15, 0.2) is 0 Å². The third-order valence-electron chi connectivity index (χ3n) is 2.55. The molecule has 17 heavy (non-hydrogen) atoms. The fourth-order valence-corrected chi connectivity index (χ4v) is 1.60. The molecule has 0 aliphatic heterocycles. The second kappa shape index (κ2) is 7.68.